The Morgan fingerprint density at radius 2 is 1.86 bits per heavy atom. The molecule has 154 valence electrons. The van der Waals surface area contributed by atoms with Gasteiger partial charge in [0.2, 0.25) is 10.0 Å². The molecule has 0 aliphatic carbocycles. The van der Waals surface area contributed by atoms with Crippen LogP contribution in [0.1, 0.15) is 17.0 Å². The van der Waals surface area contributed by atoms with Gasteiger partial charge in [0.1, 0.15) is 18.1 Å². The Hall–Kier alpha value is -1.94. The Labute approximate surface area is 166 Å². The lowest BCUT2D eigenvalue weighted by Crippen LogP contribution is -2.40. The summed E-state index contributed by atoms with van der Waals surface area (Å²) in [6.07, 6.45) is 0. The first-order valence-corrected chi connectivity index (χ1v) is 10.7. The zero-order valence-corrected chi connectivity index (χ0v) is 17.4. The molecule has 0 radical (unpaired) electrons. The van der Waals surface area contributed by atoms with Gasteiger partial charge in [-0.05, 0) is 45.2 Å². The topological polar surface area (TPSA) is 85.1 Å². The van der Waals surface area contributed by atoms with Gasteiger partial charge in [-0.3, -0.25) is 4.90 Å². The molecule has 0 bridgehead atoms. The summed E-state index contributed by atoms with van der Waals surface area (Å²) in [5.74, 6) is 1.48. The Balaban J connectivity index is 1.50. The number of morpholine rings is 1. The van der Waals surface area contributed by atoms with Crippen molar-refractivity contribution >= 4 is 10.0 Å². The summed E-state index contributed by atoms with van der Waals surface area (Å²) in [6, 6.07) is 6.57. The molecule has 0 spiro atoms. The number of ether oxygens (including phenoxy) is 2. The molecule has 0 amide bonds. The van der Waals surface area contributed by atoms with Crippen molar-refractivity contribution in [3.63, 3.8) is 0 Å². The molecule has 28 heavy (non-hydrogen) atoms. The number of hydrogen-bond acceptors (Lipinski definition) is 7. The van der Waals surface area contributed by atoms with E-state index in [9.17, 15) is 8.42 Å². The highest BCUT2D eigenvalue weighted by molar-refractivity contribution is 7.89. The van der Waals surface area contributed by atoms with Crippen LogP contribution in [0.5, 0.6) is 5.75 Å². The first-order chi connectivity index (χ1) is 13.4. The number of rotatable bonds is 8. The van der Waals surface area contributed by atoms with Crippen LogP contribution in [-0.4, -0.2) is 69.3 Å². The standard InChI is InChI=1S/C19H27N3O5S/c1-15-19(16(2)27-20-15)14-21(3)8-13-26-17-4-6-18(7-5-17)28(23,24)22-9-11-25-12-10-22/h4-7H,8-14H2,1-3H3. The molecule has 0 unspecified atom stereocenters. The van der Waals surface area contributed by atoms with E-state index in [2.05, 4.69) is 10.1 Å². The maximum Gasteiger partial charge on any atom is 0.243 e. The second-order valence-corrected chi connectivity index (χ2v) is 8.81. The molecule has 2 heterocycles. The maximum absolute atomic E-state index is 12.6. The molecule has 1 aromatic heterocycles. The number of aromatic nitrogens is 1. The minimum Gasteiger partial charge on any atom is -0.492 e. The average molecular weight is 410 g/mol. The fraction of sp³-hybridized carbons (Fsp3) is 0.526. The van der Waals surface area contributed by atoms with Crippen molar-refractivity contribution in [2.75, 3.05) is 46.5 Å². The maximum atomic E-state index is 12.6. The minimum absolute atomic E-state index is 0.275. The molecular formula is C19H27N3O5S. The van der Waals surface area contributed by atoms with Gasteiger partial charge in [-0.2, -0.15) is 4.31 Å². The highest BCUT2D eigenvalue weighted by Crippen LogP contribution is 2.20. The van der Waals surface area contributed by atoms with E-state index in [0.29, 0.717) is 38.7 Å². The average Bonchev–Trinajstić information content (AvgIpc) is 3.01. The summed E-state index contributed by atoms with van der Waals surface area (Å²) in [6.45, 7) is 7.43. The summed E-state index contributed by atoms with van der Waals surface area (Å²) in [4.78, 5) is 2.40. The van der Waals surface area contributed by atoms with Gasteiger partial charge in [-0.15, -0.1) is 0 Å². The van der Waals surface area contributed by atoms with E-state index in [1.807, 2.05) is 20.9 Å². The highest BCUT2D eigenvalue weighted by Gasteiger charge is 2.26. The van der Waals surface area contributed by atoms with Gasteiger partial charge in [0.15, 0.2) is 0 Å². The Morgan fingerprint density at radius 3 is 2.46 bits per heavy atom. The van der Waals surface area contributed by atoms with Crippen LogP contribution in [-0.2, 0) is 21.3 Å². The quantitative estimate of drug-likeness (QED) is 0.657. The molecule has 2 aromatic rings. The molecule has 0 atom stereocenters. The third-order valence-corrected chi connectivity index (χ3v) is 6.70. The molecule has 0 saturated carbocycles. The zero-order valence-electron chi connectivity index (χ0n) is 16.6. The molecular weight excluding hydrogens is 382 g/mol. The second kappa shape index (κ2) is 9.04. The zero-order chi connectivity index (χ0) is 20.1. The first kappa shape index (κ1) is 20.8. The first-order valence-electron chi connectivity index (χ1n) is 9.29. The van der Waals surface area contributed by atoms with Gasteiger partial charge >= 0.3 is 0 Å². The fourth-order valence-electron chi connectivity index (χ4n) is 3.04. The molecule has 0 N–H and O–H groups in total. The molecule has 1 saturated heterocycles. The second-order valence-electron chi connectivity index (χ2n) is 6.88. The molecule has 1 aliphatic rings. The Bertz CT molecular complexity index is 854. The number of hydrogen-bond donors (Lipinski definition) is 0. The summed E-state index contributed by atoms with van der Waals surface area (Å²) < 4.78 is 42.9. The molecule has 3 rings (SSSR count). The van der Waals surface area contributed by atoms with E-state index >= 15 is 0 Å². The third-order valence-electron chi connectivity index (χ3n) is 4.78. The van der Waals surface area contributed by atoms with Crippen molar-refractivity contribution in [3.8, 4) is 5.75 Å². The lowest BCUT2D eigenvalue weighted by Gasteiger charge is -2.26. The van der Waals surface area contributed by atoms with E-state index in [1.54, 1.807) is 24.3 Å². The predicted molar refractivity (Wildman–Crippen MR) is 104 cm³/mol. The Kier molecular flexibility index (Phi) is 6.71. The summed E-state index contributed by atoms with van der Waals surface area (Å²) in [5.41, 5.74) is 2.00. The Morgan fingerprint density at radius 1 is 1.18 bits per heavy atom. The largest absolute Gasteiger partial charge is 0.492 e. The fourth-order valence-corrected chi connectivity index (χ4v) is 4.45. The van der Waals surface area contributed by atoms with Crippen LogP contribution in [0.15, 0.2) is 33.7 Å². The van der Waals surface area contributed by atoms with Gasteiger partial charge in [0.05, 0.1) is 23.8 Å². The normalized spacial score (nSPS) is 15.9. The number of aryl methyl sites for hydroxylation is 2. The lowest BCUT2D eigenvalue weighted by molar-refractivity contribution is 0.0730. The van der Waals surface area contributed by atoms with Crippen LogP contribution in [0.25, 0.3) is 0 Å². The van der Waals surface area contributed by atoms with Crippen molar-refractivity contribution < 1.29 is 22.4 Å². The number of benzene rings is 1. The van der Waals surface area contributed by atoms with E-state index < -0.39 is 10.0 Å². The van der Waals surface area contributed by atoms with E-state index in [0.717, 1.165) is 30.1 Å². The predicted octanol–water partition coefficient (Wildman–Crippen LogP) is 1.82. The van der Waals surface area contributed by atoms with Crippen LogP contribution in [0.3, 0.4) is 0 Å². The minimum atomic E-state index is -3.48. The molecule has 1 aromatic carbocycles. The number of nitrogens with zero attached hydrogens (tertiary/aromatic N) is 3. The van der Waals surface area contributed by atoms with E-state index in [1.165, 1.54) is 4.31 Å². The summed E-state index contributed by atoms with van der Waals surface area (Å²) in [7, 11) is -1.47. The smallest absolute Gasteiger partial charge is 0.243 e. The summed E-state index contributed by atoms with van der Waals surface area (Å²) >= 11 is 0. The van der Waals surface area contributed by atoms with Crippen molar-refractivity contribution in [3.05, 3.63) is 41.3 Å². The summed E-state index contributed by atoms with van der Waals surface area (Å²) in [5, 5.41) is 3.97. The van der Waals surface area contributed by atoms with Crippen LogP contribution in [0, 0.1) is 13.8 Å². The highest BCUT2D eigenvalue weighted by atomic mass is 32.2. The van der Waals surface area contributed by atoms with Gasteiger partial charge in [0.25, 0.3) is 0 Å². The van der Waals surface area contributed by atoms with Crippen LogP contribution in [0.2, 0.25) is 0 Å². The number of sulfonamides is 1. The SMILES string of the molecule is Cc1noc(C)c1CN(C)CCOc1ccc(S(=O)(=O)N2CCOCC2)cc1. The van der Waals surface area contributed by atoms with Gasteiger partial charge in [0, 0.05) is 31.7 Å². The van der Waals surface area contributed by atoms with Crippen LogP contribution >= 0.6 is 0 Å². The van der Waals surface area contributed by atoms with E-state index in [-0.39, 0.29) is 4.90 Å². The lowest BCUT2D eigenvalue weighted by atomic mass is 10.2. The van der Waals surface area contributed by atoms with Gasteiger partial charge in [-0.25, -0.2) is 8.42 Å². The van der Waals surface area contributed by atoms with Gasteiger partial charge in [-0.1, -0.05) is 5.16 Å². The molecule has 1 fully saturated rings. The van der Waals surface area contributed by atoms with Crippen LogP contribution < -0.4 is 4.74 Å². The van der Waals surface area contributed by atoms with Gasteiger partial charge < -0.3 is 14.0 Å². The van der Waals surface area contributed by atoms with Crippen molar-refractivity contribution in [1.82, 2.24) is 14.4 Å². The molecule has 8 nitrogen and oxygen atoms in total. The number of likely N-dealkylation sites (N-methyl/N-ethyl adjacent to an activating group) is 1. The van der Waals surface area contributed by atoms with Crippen molar-refractivity contribution in [2.45, 2.75) is 25.3 Å². The third kappa shape index (κ3) is 4.91. The molecule has 9 heteroatoms. The van der Waals surface area contributed by atoms with Crippen LogP contribution in [0.4, 0.5) is 0 Å². The van der Waals surface area contributed by atoms with Crippen molar-refractivity contribution in [2.24, 2.45) is 0 Å². The monoisotopic (exact) mass is 409 g/mol. The van der Waals surface area contributed by atoms with Crippen molar-refractivity contribution in [1.29, 1.82) is 0 Å². The molecule has 1 aliphatic heterocycles. The van der Waals surface area contributed by atoms with E-state index in [4.69, 9.17) is 14.0 Å².